The van der Waals surface area contributed by atoms with Gasteiger partial charge in [0.25, 0.3) is 5.91 Å². The van der Waals surface area contributed by atoms with Gasteiger partial charge in [0.15, 0.2) is 11.5 Å². The van der Waals surface area contributed by atoms with Crippen LogP contribution in [-0.4, -0.2) is 46.5 Å². The van der Waals surface area contributed by atoms with Gasteiger partial charge in [0.1, 0.15) is 11.6 Å². The summed E-state index contributed by atoms with van der Waals surface area (Å²) >= 11 is 0. The summed E-state index contributed by atoms with van der Waals surface area (Å²) in [5.41, 5.74) is 0.198. The quantitative estimate of drug-likeness (QED) is 0.358. The minimum Gasteiger partial charge on any atom is -0.493 e. The monoisotopic (exact) mass is 384 g/mol. The van der Waals surface area contributed by atoms with Gasteiger partial charge in [-0.2, -0.15) is 14.0 Å². The van der Waals surface area contributed by atoms with E-state index in [1.165, 1.54) is 32.4 Å². The molecule has 0 heterocycles. The molecular formula is C18H22F2N2O5. The Hall–Kier alpha value is -2.86. The molecule has 0 fully saturated rings. The zero-order chi connectivity index (χ0) is 20.2. The van der Waals surface area contributed by atoms with Crippen LogP contribution in [-0.2, 0) is 9.53 Å². The Morgan fingerprint density at radius 1 is 1.30 bits per heavy atom. The number of carbonyl (C=O) groups is 1. The molecule has 0 aliphatic heterocycles. The van der Waals surface area contributed by atoms with Crippen molar-refractivity contribution in [1.82, 2.24) is 5.32 Å². The van der Waals surface area contributed by atoms with Crippen molar-refractivity contribution < 1.29 is 32.5 Å². The van der Waals surface area contributed by atoms with Gasteiger partial charge in [0, 0.05) is 19.8 Å². The minimum atomic E-state index is -3.06. The fourth-order valence-electron chi connectivity index (χ4n) is 2.12. The van der Waals surface area contributed by atoms with E-state index in [9.17, 15) is 18.8 Å². The van der Waals surface area contributed by atoms with E-state index >= 15 is 0 Å². The van der Waals surface area contributed by atoms with Crippen LogP contribution in [0.5, 0.6) is 17.2 Å². The fraction of sp³-hybridized carbons (Fsp3) is 0.444. The average Bonchev–Trinajstić information content (AvgIpc) is 2.65. The maximum Gasteiger partial charge on any atom is 0.387 e. The summed E-state index contributed by atoms with van der Waals surface area (Å²) in [5, 5.41) is 11.8. The van der Waals surface area contributed by atoms with E-state index in [0.29, 0.717) is 31.7 Å². The second-order valence-electron chi connectivity index (χ2n) is 5.11. The van der Waals surface area contributed by atoms with E-state index in [-0.39, 0.29) is 22.8 Å². The van der Waals surface area contributed by atoms with Crippen molar-refractivity contribution in [3.8, 4) is 23.3 Å². The lowest BCUT2D eigenvalue weighted by Gasteiger charge is -2.14. The van der Waals surface area contributed by atoms with E-state index in [1.54, 1.807) is 0 Å². The molecule has 9 heteroatoms. The van der Waals surface area contributed by atoms with Gasteiger partial charge < -0.3 is 24.3 Å². The molecule has 148 valence electrons. The number of rotatable bonds is 11. The Morgan fingerprint density at radius 3 is 2.41 bits per heavy atom. The van der Waals surface area contributed by atoms with Crippen molar-refractivity contribution in [2.24, 2.45) is 0 Å². The molecule has 1 rings (SSSR count). The van der Waals surface area contributed by atoms with Gasteiger partial charge >= 0.3 is 6.61 Å². The third kappa shape index (κ3) is 7.11. The van der Waals surface area contributed by atoms with Crippen molar-refractivity contribution in [3.05, 3.63) is 23.3 Å². The Morgan fingerprint density at radius 2 is 1.93 bits per heavy atom. The third-order valence-electron chi connectivity index (χ3n) is 3.32. The standard InChI is InChI=1S/C18H22F2N2O5/c1-4-26-7-5-6-22-17(23)13(11-21)8-12-9-14(24-2)16(27-18(19)20)15(10-12)25-3/h8-10,18H,4-7H2,1-3H3,(H,22,23)/b13-8+. The lowest BCUT2D eigenvalue weighted by atomic mass is 10.1. The molecule has 7 nitrogen and oxygen atoms in total. The van der Waals surface area contributed by atoms with Crippen LogP contribution in [0.1, 0.15) is 18.9 Å². The molecule has 0 radical (unpaired) electrons. The lowest BCUT2D eigenvalue weighted by molar-refractivity contribution is -0.117. The minimum absolute atomic E-state index is 0.0182. The highest BCUT2D eigenvalue weighted by Gasteiger charge is 2.18. The zero-order valence-electron chi connectivity index (χ0n) is 15.4. The molecule has 0 saturated heterocycles. The number of methoxy groups -OCH3 is 2. The number of ether oxygens (including phenoxy) is 4. The summed E-state index contributed by atoms with van der Waals surface area (Å²) in [4.78, 5) is 12.1. The van der Waals surface area contributed by atoms with Gasteiger partial charge in [0.05, 0.1) is 14.2 Å². The molecule has 27 heavy (non-hydrogen) atoms. The number of hydrogen-bond donors (Lipinski definition) is 1. The van der Waals surface area contributed by atoms with Gasteiger partial charge in [-0.3, -0.25) is 4.79 Å². The van der Waals surface area contributed by atoms with Crippen LogP contribution in [0.4, 0.5) is 8.78 Å². The molecule has 0 aromatic heterocycles. The number of alkyl halides is 2. The molecule has 1 amide bonds. The molecule has 0 aliphatic carbocycles. The number of nitriles is 1. The van der Waals surface area contributed by atoms with E-state index in [4.69, 9.17) is 14.2 Å². The summed E-state index contributed by atoms with van der Waals surface area (Å²) in [7, 11) is 2.55. The van der Waals surface area contributed by atoms with Crippen LogP contribution < -0.4 is 19.5 Å². The molecular weight excluding hydrogens is 362 g/mol. The molecule has 0 spiro atoms. The van der Waals surface area contributed by atoms with Gasteiger partial charge in [-0.25, -0.2) is 0 Å². The SMILES string of the molecule is CCOCCCNC(=O)/C(C#N)=C/c1cc(OC)c(OC(F)F)c(OC)c1. The Bertz CT molecular complexity index is 676. The first-order chi connectivity index (χ1) is 13.0. The molecule has 0 atom stereocenters. The van der Waals surface area contributed by atoms with Crippen LogP contribution in [0.15, 0.2) is 17.7 Å². The number of nitrogens with one attached hydrogen (secondary N) is 1. The maximum atomic E-state index is 12.6. The highest BCUT2D eigenvalue weighted by atomic mass is 19.3. The van der Waals surface area contributed by atoms with Crippen LogP contribution in [0.3, 0.4) is 0 Å². The summed E-state index contributed by atoms with van der Waals surface area (Å²) in [5.74, 6) is -0.864. The number of halogens is 2. The second kappa shape index (κ2) is 11.7. The first kappa shape index (κ1) is 22.2. The van der Waals surface area contributed by atoms with E-state index < -0.39 is 12.5 Å². The third-order valence-corrected chi connectivity index (χ3v) is 3.32. The first-order valence-electron chi connectivity index (χ1n) is 8.15. The predicted molar refractivity (Wildman–Crippen MR) is 93.9 cm³/mol. The molecule has 0 aliphatic rings. The van der Waals surface area contributed by atoms with Crippen LogP contribution in [0.2, 0.25) is 0 Å². The highest BCUT2D eigenvalue weighted by Crippen LogP contribution is 2.40. The maximum absolute atomic E-state index is 12.6. The Labute approximate surface area is 156 Å². The average molecular weight is 384 g/mol. The van der Waals surface area contributed by atoms with E-state index in [1.807, 2.05) is 13.0 Å². The smallest absolute Gasteiger partial charge is 0.387 e. The van der Waals surface area contributed by atoms with Crippen LogP contribution in [0, 0.1) is 11.3 Å². The number of benzene rings is 1. The van der Waals surface area contributed by atoms with Crippen molar-refractivity contribution in [2.45, 2.75) is 20.0 Å². The zero-order valence-corrected chi connectivity index (χ0v) is 15.4. The fourth-order valence-corrected chi connectivity index (χ4v) is 2.12. The number of nitrogens with zero attached hydrogens (tertiary/aromatic N) is 1. The van der Waals surface area contributed by atoms with Gasteiger partial charge in [0.2, 0.25) is 5.75 Å². The van der Waals surface area contributed by atoms with E-state index in [0.717, 1.165) is 0 Å². The Kier molecular flexibility index (Phi) is 9.61. The molecule has 0 bridgehead atoms. The molecule has 0 unspecified atom stereocenters. The summed E-state index contributed by atoms with van der Waals surface area (Å²) < 4.78 is 44.8. The summed E-state index contributed by atoms with van der Waals surface area (Å²) in [6.07, 6.45) is 1.91. The van der Waals surface area contributed by atoms with Crippen molar-refractivity contribution in [3.63, 3.8) is 0 Å². The topological polar surface area (TPSA) is 89.8 Å². The number of hydrogen-bond acceptors (Lipinski definition) is 6. The van der Waals surface area contributed by atoms with Crippen molar-refractivity contribution in [1.29, 1.82) is 5.26 Å². The first-order valence-corrected chi connectivity index (χ1v) is 8.15. The number of amides is 1. The highest BCUT2D eigenvalue weighted by molar-refractivity contribution is 6.01. The molecule has 1 aromatic rings. The molecule has 0 saturated carbocycles. The second-order valence-corrected chi connectivity index (χ2v) is 5.11. The van der Waals surface area contributed by atoms with Gasteiger partial charge in [-0.15, -0.1) is 0 Å². The van der Waals surface area contributed by atoms with Gasteiger partial charge in [-0.05, 0) is 37.1 Å². The largest absolute Gasteiger partial charge is 0.493 e. The van der Waals surface area contributed by atoms with Gasteiger partial charge in [-0.1, -0.05) is 0 Å². The van der Waals surface area contributed by atoms with E-state index in [2.05, 4.69) is 10.1 Å². The Balaban J connectivity index is 3.01. The number of carbonyl (C=O) groups excluding carboxylic acids is 1. The van der Waals surface area contributed by atoms with Crippen molar-refractivity contribution in [2.75, 3.05) is 34.0 Å². The normalized spacial score (nSPS) is 11.1. The lowest BCUT2D eigenvalue weighted by Crippen LogP contribution is -2.26. The summed E-state index contributed by atoms with van der Waals surface area (Å²) in [6.45, 7) is 0.251. The van der Waals surface area contributed by atoms with Crippen LogP contribution >= 0.6 is 0 Å². The van der Waals surface area contributed by atoms with Crippen molar-refractivity contribution >= 4 is 12.0 Å². The van der Waals surface area contributed by atoms with Crippen LogP contribution in [0.25, 0.3) is 6.08 Å². The summed E-state index contributed by atoms with van der Waals surface area (Å²) in [6, 6.07) is 4.53. The molecule has 1 N–H and O–H groups in total. The predicted octanol–water partition coefficient (Wildman–Crippen LogP) is 2.75. The molecule has 1 aromatic carbocycles.